The predicted octanol–water partition coefficient (Wildman–Crippen LogP) is 2.20. The maximum Gasteiger partial charge on any atom is 0.241 e. The van der Waals surface area contributed by atoms with Crippen molar-refractivity contribution in [1.29, 1.82) is 0 Å². The first-order valence-electron chi connectivity index (χ1n) is 8.64. The Morgan fingerprint density at radius 3 is 2.33 bits per heavy atom. The number of halogens is 1. The van der Waals surface area contributed by atoms with E-state index in [1.54, 1.807) is 17.0 Å². The van der Waals surface area contributed by atoms with E-state index in [1.807, 2.05) is 30.3 Å². The largest absolute Gasteiger partial charge is 0.378 e. The van der Waals surface area contributed by atoms with E-state index >= 15 is 0 Å². The lowest BCUT2D eigenvalue weighted by molar-refractivity contribution is -0.137. The summed E-state index contributed by atoms with van der Waals surface area (Å²) in [6.07, 6.45) is 0.285. The Morgan fingerprint density at radius 1 is 1.07 bits per heavy atom. The molecule has 1 N–H and O–H groups in total. The molecule has 0 aromatic heterocycles. The van der Waals surface area contributed by atoms with Crippen LogP contribution in [0.1, 0.15) is 5.56 Å². The molecule has 0 bridgehead atoms. The zero-order valence-electron chi connectivity index (χ0n) is 14.7. The van der Waals surface area contributed by atoms with Crippen LogP contribution in [0.15, 0.2) is 64.0 Å². The fourth-order valence-corrected chi connectivity index (χ4v) is 4.36. The summed E-state index contributed by atoms with van der Waals surface area (Å²) in [5.74, 6) is -0.233. The molecule has 1 amide bonds. The molecule has 2 aromatic carbocycles. The molecular weight excluding hydrogens is 432 g/mol. The fraction of sp³-hybridized carbons (Fsp3) is 0.316. The highest BCUT2D eigenvalue weighted by Crippen LogP contribution is 2.16. The van der Waals surface area contributed by atoms with Crippen LogP contribution < -0.4 is 4.72 Å². The summed E-state index contributed by atoms with van der Waals surface area (Å²) in [5, 5.41) is 0. The predicted molar refractivity (Wildman–Crippen MR) is 106 cm³/mol. The van der Waals surface area contributed by atoms with Gasteiger partial charge < -0.3 is 9.64 Å². The molecule has 0 aliphatic carbocycles. The van der Waals surface area contributed by atoms with Crippen LogP contribution in [0, 0.1) is 0 Å². The van der Waals surface area contributed by atoms with Gasteiger partial charge in [-0.2, -0.15) is 4.72 Å². The second-order valence-electron chi connectivity index (χ2n) is 6.26. The van der Waals surface area contributed by atoms with Crippen LogP contribution in [-0.2, 0) is 26.0 Å². The second kappa shape index (κ2) is 8.97. The Kier molecular flexibility index (Phi) is 6.64. The molecule has 2 aromatic rings. The summed E-state index contributed by atoms with van der Waals surface area (Å²) in [6.45, 7) is 1.85. The van der Waals surface area contributed by atoms with Crippen molar-refractivity contribution < 1.29 is 17.9 Å². The number of nitrogens with zero attached hydrogens (tertiary/aromatic N) is 1. The van der Waals surface area contributed by atoms with Gasteiger partial charge in [0, 0.05) is 17.6 Å². The Labute approximate surface area is 167 Å². The van der Waals surface area contributed by atoms with E-state index in [0.717, 1.165) is 10.0 Å². The maximum absolute atomic E-state index is 13.0. The first-order chi connectivity index (χ1) is 13.0. The number of rotatable bonds is 6. The Balaban J connectivity index is 1.84. The standard InChI is InChI=1S/C19H21BrN2O4S/c20-16-6-8-17(9-7-16)27(24,25)21-18(14-15-4-2-1-3-5-15)19(23)22-10-12-26-13-11-22/h1-9,18,21H,10-14H2. The van der Waals surface area contributed by atoms with Gasteiger partial charge in [0.15, 0.2) is 0 Å². The van der Waals surface area contributed by atoms with Crippen LogP contribution in [-0.4, -0.2) is 51.6 Å². The molecule has 1 saturated heterocycles. The topological polar surface area (TPSA) is 75.7 Å². The van der Waals surface area contributed by atoms with Crippen molar-refractivity contribution in [2.24, 2.45) is 0 Å². The quantitative estimate of drug-likeness (QED) is 0.728. The van der Waals surface area contributed by atoms with Crippen LogP contribution in [0.25, 0.3) is 0 Å². The summed E-state index contributed by atoms with van der Waals surface area (Å²) in [6, 6.07) is 14.8. The number of amides is 1. The first-order valence-corrected chi connectivity index (χ1v) is 10.9. The van der Waals surface area contributed by atoms with E-state index in [2.05, 4.69) is 20.7 Å². The van der Waals surface area contributed by atoms with Gasteiger partial charge >= 0.3 is 0 Å². The summed E-state index contributed by atoms with van der Waals surface area (Å²) in [4.78, 5) is 14.8. The van der Waals surface area contributed by atoms with Crippen LogP contribution in [0.4, 0.5) is 0 Å². The average molecular weight is 453 g/mol. The number of ether oxygens (including phenoxy) is 1. The molecule has 27 heavy (non-hydrogen) atoms. The Morgan fingerprint density at radius 2 is 1.70 bits per heavy atom. The smallest absolute Gasteiger partial charge is 0.241 e. The summed E-state index contributed by atoms with van der Waals surface area (Å²) in [5.41, 5.74) is 0.891. The van der Waals surface area contributed by atoms with Crippen molar-refractivity contribution in [3.63, 3.8) is 0 Å². The molecule has 1 unspecified atom stereocenters. The van der Waals surface area contributed by atoms with E-state index in [9.17, 15) is 13.2 Å². The van der Waals surface area contributed by atoms with E-state index in [0.29, 0.717) is 26.3 Å². The van der Waals surface area contributed by atoms with Crippen molar-refractivity contribution in [2.45, 2.75) is 17.4 Å². The highest BCUT2D eigenvalue weighted by Gasteiger charge is 2.30. The summed E-state index contributed by atoms with van der Waals surface area (Å²) in [7, 11) is -3.83. The molecule has 1 aliphatic heterocycles. The third-order valence-electron chi connectivity index (χ3n) is 4.32. The molecule has 8 heteroatoms. The minimum atomic E-state index is -3.83. The van der Waals surface area contributed by atoms with E-state index in [1.165, 1.54) is 12.1 Å². The van der Waals surface area contributed by atoms with E-state index in [4.69, 9.17) is 4.74 Å². The number of nitrogens with one attached hydrogen (secondary N) is 1. The average Bonchev–Trinajstić information content (AvgIpc) is 2.68. The number of sulfonamides is 1. The third kappa shape index (κ3) is 5.38. The van der Waals surface area contributed by atoms with Crippen LogP contribution in [0.3, 0.4) is 0 Å². The summed E-state index contributed by atoms with van der Waals surface area (Å²) < 4.78 is 34.3. The monoisotopic (exact) mass is 452 g/mol. The minimum absolute atomic E-state index is 0.124. The maximum atomic E-state index is 13.0. The fourth-order valence-electron chi connectivity index (χ4n) is 2.90. The van der Waals surface area contributed by atoms with Gasteiger partial charge in [-0.15, -0.1) is 0 Å². The molecule has 6 nitrogen and oxygen atoms in total. The van der Waals surface area contributed by atoms with Crippen molar-refractivity contribution in [3.05, 3.63) is 64.6 Å². The number of carbonyl (C=O) groups is 1. The van der Waals surface area contributed by atoms with E-state index < -0.39 is 16.1 Å². The molecule has 0 radical (unpaired) electrons. The van der Waals surface area contributed by atoms with Crippen molar-refractivity contribution >= 4 is 31.9 Å². The molecule has 144 valence electrons. The van der Waals surface area contributed by atoms with Gasteiger partial charge in [0.2, 0.25) is 15.9 Å². The number of morpholine rings is 1. The van der Waals surface area contributed by atoms with Crippen molar-refractivity contribution in [2.75, 3.05) is 26.3 Å². The molecular formula is C19H21BrN2O4S. The minimum Gasteiger partial charge on any atom is -0.378 e. The normalized spacial score (nSPS) is 16.1. The van der Waals surface area contributed by atoms with Gasteiger partial charge in [0.1, 0.15) is 6.04 Å². The second-order valence-corrected chi connectivity index (χ2v) is 8.88. The lowest BCUT2D eigenvalue weighted by Gasteiger charge is -2.30. The molecule has 3 rings (SSSR count). The van der Waals surface area contributed by atoms with Gasteiger partial charge in [0.05, 0.1) is 18.1 Å². The van der Waals surface area contributed by atoms with Gasteiger partial charge in [-0.3, -0.25) is 4.79 Å². The van der Waals surface area contributed by atoms with Gasteiger partial charge in [-0.25, -0.2) is 8.42 Å². The third-order valence-corrected chi connectivity index (χ3v) is 6.34. The number of carbonyl (C=O) groups excluding carboxylic acids is 1. The lowest BCUT2D eigenvalue weighted by Crippen LogP contribution is -2.52. The molecule has 1 atom stereocenters. The SMILES string of the molecule is O=C(C(Cc1ccccc1)NS(=O)(=O)c1ccc(Br)cc1)N1CCOCC1. The zero-order chi connectivity index (χ0) is 19.3. The lowest BCUT2D eigenvalue weighted by atomic mass is 10.1. The van der Waals surface area contributed by atoms with Crippen LogP contribution in [0.2, 0.25) is 0 Å². The zero-order valence-corrected chi connectivity index (χ0v) is 17.1. The number of hydrogen-bond acceptors (Lipinski definition) is 4. The molecule has 1 heterocycles. The van der Waals surface area contributed by atoms with Crippen LogP contribution >= 0.6 is 15.9 Å². The first kappa shape index (κ1) is 20.0. The summed E-state index contributed by atoms with van der Waals surface area (Å²) >= 11 is 3.29. The highest BCUT2D eigenvalue weighted by molar-refractivity contribution is 9.10. The van der Waals surface area contributed by atoms with Crippen molar-refractivity contribution in [3.8, 4) is 0 Å². The van der Waals surface area contributed by atoms with E-state index in [-0.39, 0.29) is 17.2 Å². The Bertz CT molecular complexity index is 866. The number of hydrogen-bond donors (Lipinski definition) is 1. The Hall–Kier alpha value is -1.74. The highest BCUT2D eigenvalue weighted by atomic mass is 79.9. The van der Waals surface area contributed by atoms with Gasteiger partial charge in [-0.05, 0) is 36.2 Å². The molecule has 1 fully saturated rings. The van der Waals surface area contributed by atoms with Gasteiger partial charge in [-0.1, -0.05) is 46.3 Å². The molecule has 1 aliphatic rings. The molecule has 0 spiro atoms. The number of benzene rings is 2. The van der Waals surface area contributed by atoms with Crippen molar-refractivity contribution in [1.82, 2.24) is 9.62 Å². The van der Waals surface area contributed by atoms with Gasteiger partial charge in [0.25, 0.3) is 0 Å². The van der Waals surface area contributed by atoms with Crippen LogP contribution in [0.5, 0.6) is 0 Å². The molecule has 0 saturated carbocycles.